The molecule has 0 radical (unpaired) electrons. The minimum Gasteiger partial charge on any atom is -0.478 e. The van der Waals surface area contributed by atoms with Gasteiger partial charge in [-0.1, -0.05) is 52.8 Å². The molecule has 3 rings (SSSR count). The van der Waals surface area contributed by atoms with Crippen molar-refractivity contribution < 1.29 is 29.7 Å². The van der Waals surface area contributed by atoms with E-state index >= 15 is 0 Å². The highest BCUT2D eigenvalue weighted by atomic mass is 16.4. The van der Waals surface area contributed by atoms with Crippen molar-refractivity contribution >= 4 is 41.0 Å². The lowest BCUT2D eigenvalue weighted by Crippen LogP contribution is -2.52. The van der Waals surface area contributed by atoms with Crippen LogP contribution in [0.5, 0.6) is 0 Å². The summed E-state index contributed by atoms with van der Waals surface area (Å²) in [4.78, 5) is 33.3. The molecule has 6 nitrogen and oxygen atoms in total. The lowest BCUT2D eigenvalue weighted by Gasteiger charge is -2.16. The summed E-state index contributed by atoms with van der Waals surface area (Å²) in [6.07, 6.45) is 0. The minimum absolute atomic E-state index is 0.157. The first-order chi connectivity index (χ1) is 13.4. The SMILES string of the molecule is O=C(O)c1ccc(B(c2ccc(C(=O)O)cc2)c2ccc(C(=O)O)cc2)cc1. The maximum atomic E-state index is 11.1. The van der Waals surface area contributed by atoms with Crippen LogP contribution in [0.2, 0.25) is 0 Å². The number of aromatic carboxylic acids is 3. The van der Waals surface area contributed by atoms with Gasteiger partial charge < -0.3 is 15.3 Å². The summed E-state index contributed by atoms with van der Waals surface area (Å²) in [5.74, 6) is -3.08. The predicted molar refractivity (Wildman–Crippen MR) is 105 cm³/mol. The summed E-state index contributed by atoms with van der Waals surface area (Å²) in [5, 5.41) is 27.3. The number of hydrogen-bond donors (Lipinski definition) is 3. The number of carboxylic acid groups (broad SMARTS) is 3. The standard InChI is InChI=1S/C21H15BO6/c23-19(24)13-1-7-16(8-2-13)22(17-9-3-14(4-10-17)20(25)26)18-11-5-15(6-12-18)21(27)28/h1-12H,(H,23,24)(H,25,26)(H,27,28). The largest absolute Gasteiger partial charge is 0.478 e. The third-order valence-electron chi connectivity index (χ3n) is 4.47. The Kier molecular flexibility index (Phi) is 5.26. The minimum atomic E-state index is -1.03. The van der Waals surface area contributed by atoms with Crippen molar-refractivity contribution in [1.82, 2.24) is 0 Å². The molecule has 0 saturated heterocycles. The van der Waals surface area contributed by atoms with E-state index in [4.69, 9.17) is 15.3 Å². The Morgan fingerprint density at radius 2 is 0.679 bits per heavy atom. The van der Waals surface area contributed by atoms with Crippen molar-refractivity contribution in [2.45, 2.75) is 0 Å². The van der Waals surface area contributed by atoms with Gasteiger partial charge in [0.2, 0.25) is 6.71 Å². The molecular weight excluding hydrogens is 359 g/mol. The van der Waals surface area contributed by atoms with Gasteiger partial charge in [0.25, 0.3) is 0 Å². The van der Waals surface area contributed by atoms with Crippen LogP contribution in [-0.2, 0) is 0 Å². The molecule has 0 heterocycles. The summed E-state index contributed by atoms with van der Waals surface area (Å²) in [6.45, 7) is -0.312. The third-order valence-corrected chi connectivity index (χ3v) is 4.47. The Bertz CT molecular complexity index is 887. The summed E-state index contributed by atoms with van der Waals surface area (Å²) in [7, 11) is 0. The molecule has 3 aromatic rings. The van der Waals surface area contributed by atoms with E-state index in [0.29, 0.717) is 0 Å². The second-order valence-corrected chi connectivity index (χ2v) is 6.21. The Balaban J connectivity index is 2.08. The topological polar surface area (TPSA) is 112 Å². The lowest BCUT2D eigenvalue weighted by molar-refractivity contribution is 0.0686. The van der Waals surface area contributed by atoms with Crippen LogP contribution in [0.1, 0.15) is 31.1 Å². The summed E-state index contributed by atoms with van der Waals surface area (Å²) >= 11 is 0. The van der Waals surface area contributed by atoms with Crippen LogP contribution in [0.25, 0.3) is 0 Å². The highest BCUT2D eigenvalue weighted by Crippen LogP contribution is 2.04. The van der Waals surface area contributed by atoms with E-state index in [1.807, 2.05) is 0 Å². The number of carbonyl (C=O) groups is 3. The summed E-state index contributed by atoms with van der Waals surface area (Å²) in [6, 6.07) is 19.2. The second-order valence-electron chi connectivity index (χ2n) is 6.21. The first kappa shape index (κ1) is 18.9. The average Bonchev–Trinajstić information content (AvgIpc) is 2.69. The average molecular weight is 374 g/mol. The van der Waals surface area contributed by atoms with Crippen LogP contribution >= 0.6 is 0 Å². The Labute approximate surface area is 160 Å². The molecule has 28 heavy (non-hydrogen) atoms. The van der Waals surface area contributed by atoms with Crippen molar-refractivity contribution in [2.75, 3.05) is 0 Å². The Morgan fingerprint density at radius 1 is 0.464 bits per heavy atom. The molecule has 138 valence electrons. The van der Waals surface area contributed by atoms with Crippen LogP contribution in [0.15, 0.2) is 72.8 Å². The van der Waals surface area contributed by atoms with Crippen LogP contribution in [-0.4, -0.2) is 39.9 Å². The molecule has 0 aliphatic heterocycles. The van der Waals surface area contributed by atoms with Gasteiger partial charge in [-0.25, -0.2) is 14.4 Å². The molecule has 3 N–H and O–H groups in total. The maximum absolute atomic E-state index is 11.1. The third kappa shape index (κ3) is 3.93. The molecule has 7 heteroatoms. The van der Waals surface area contributed by atoms with Crippen molar-refractivity contribution in [3.8, 4) is 0 Å². The Morgan fingerprint density at radius 3 is 0.857 bits per heavy atom. The van der Waals surface area contributed by atoms with Gasteiger partial charge in [-0.2, -0.15) is 0 Å². The molecule has 0 saturated carbocycles. The van der Waals surface area contributed by atoms with Crippen molar-refractivity contribution in [1.29, 1.82) is 0 Å². The summed E-state index contributed by atoms with van der Waals surface area (Å²) < 4.78 is 0. The molecule has 0 bridgehead atoms. The smallest absolute Gasteiger partial charge is 0.335 e. The van der Waals surface area contributed by atoms with Crippen molar-refractivity contribution in [3.63, 3.8) is 0 Å². The first-order valence-corrected chi connectivity index (χ1v) is 8.36. The van der Waals surface area contributed by atoms with Crippen LogP contribution < -0.4 is 16.4 Å². The van der Waals surface area contributed by atoms with Crippen molar-refractivity contribution in [3.05, 3.63) is 89.5 Å². The zero-order valence-electron chi connectivity index (χ0n) is 14.6. The van der Waals surface area contributed by atoms with Crippen LogP contribution in [0.3, 0.4) is 0 Å². The fraction of sp³-hybridized carbons (Fsp3) is 0. The molecule has 0 aromatic heterocycles. The van der Waals surface area contributed by atoms with Gasteiger partial charge in [0.1, 0.15) is 0 Å². The van der Waals surface area contributed by atoms with Gasteiger partial charge in [0.15, 0.2) is 0 Å². The van der Waals surface area contributed by atoms with E-state index in [1.165, 1.54) is 36.4 Å². The molecule has 0 fully saturated rings. The van der Waals surface area contributed by atoms with E-state index in [9.17, 15) is 14.4 Å². The molecule has 0 aliphatic rings. The number of hydrogen-bond acceptors (Lipinski definition) is 3. The quantitative estimate of drug-likeness (QED) is 0.561. The fourth-order valence-electron chi connectivity index (χ4n) is 3.03. The number of carboxylic acids is 3. The van der Waals surface area contributed by atoms with Crippen LogP contribution in [0, 0.1) is 0 Å². The fourth-order valence-corrected chi connectivity index (χ4v) is 3.03. The normalized spacial score (nSPS) is 10.3. The van der Waals surface area contributed by atoms with E-state index in [0.717, 1.165) is 16.4 Å². The highest BCUT2D eigenvalue weighted by Gasteiger charge is 2.22. The second kappa shape index (κ2) is 7.79. The lowest BCUT2D eigenvalue weighted by atomic mass is 9.37. The predicted octanol–water partition coefficient (Wildman–Crippen LogP) is 1.30. The molecule has 0 amide bonds. The molecule has 0 spiro atoms. The van der Waals surface area contributed by atoms with Gasteiger partial charge in [-0.05, 0) is 36.4 Å². The monoisotopic (exact) mass is 374 g/mol. The zero-order valence-corrected chi connectivity index (χ0v) is 14.6. The van der Waals surface area contributed by atoms with Gasteiger partial charge in [0, 0.05) is 0 Å². The highest BCUT2D eigenvalue weighted by molar-refractivity contribution is 6.95. The van der Waals surface area contributed by atoms with E-state index in [-0.39, 0.29) is 23.4 Å². The van der Waals surface area contributed by atoms with E-state index in [1.54, 1.807) is 36.4 Å². The molecule has 0 aliphatic carbocycles. The van der Waals surface area contributed by atoms with E-state index in [2.05, 4.69) is 0 Å². The molecule has 0 unspecified atom stereocenters. The van der Waals surface area contributed by atoms with Crippen molar-refractivity contribution in [2.24, 2.45) is 0 Å². The van der Waals surface area contributed by atoms with Gasteiger partial charge >= 0.3 is 17.9 Å². The Hall–Kier alpha value is -3.87. The van der Waals surface area contributed by atoms with Crippen LogP contribution in [0.4, 0.5) is 0 Å². The number of benzene rings is 3. The number of rotatable bonds is 6. The maximum Gasteiger partial charge on any atom is 0.335 e. The zero-order chi connectivity index (χ0) is 20.3. The molecule has 0 atom stereocenters. The van der Waals surface area contributed by atoms with Gasteiger partial charge in [-0.15, -0.1) is 0 Å². The molecular formula is C21H15BO6. The van der Waals surface area contributed by atoms with Gasteiger partial charge in [0.05, 0.1) is 16.7 Å². The van der Waals surface area contributed by atoms with E-state index < -0.39 is 17.9 Å². The molecule has 3 aromatic carbocycles. The van der Waals surface area contributed by atoms with Gasteiger partial charge in [-0.3, -0.25) is 0 Å². The summed E-state index contributed by atoms with van der Waals surface area (Å²) in [5.41, 5.74) is 2.88. The first-order valence-electron chi connectivity index (χ1n) is 8.36.